The molecule has 0 fully saturated rings. The fraction of sp³-hybridized carbons (Fsp3) is 0.538. The van der Waals surface area contributed by atoms with Crippen LogP contribution in [0.5, 0.6) is 11.5 Å². The van der Waals surface area contributed by atoms with E-state index >= 15 is 0 Å². The van der Waals surface area contributed by atoms with Crippen molar-refractivity contribution >= 4 is 12.9 Å². The number of hydrogen-bond donors (Lipinski definition) is 1. The molecule has 1 aromatic rings. The molecule has 0 N–H and O–H groups in total. The Morgan fingerprint density at radius 3 is 2.38 bits per heavy atom. The second-order valence-corrected chi connectivity index (χ2v) is 4.71. The summed E-state index contributed by atoms with van der Waals surface area (Å²) >= 11 is 3.80. The van der Waals surface area contributed by atoms with Crippen LogP contribution in [0.4, 0.5) is 0 Å². The lowest BCUT2D eigenvalue weighted by Crippen LogP contribution is -1.99. The lowest BCUT2D eigenvalue weighted by Gasteiger charge is -2.16. The van der Waals surface area contributed by atoms with Gasteiger partial charge in [-0.25, -0.2) is 0 Å². The van der Waals surface area contributed by atoms with Crippen LogP contribution in [0.25, 0.3) is 0 Å². The van der Waals surface area contributed by atoms with E-state index in [-0.39, 0.29) is 0 Å². The molecule has 0 spiro atoms. The minimum atomic E-state index is 0.530. The van der Waals surface area contributed by atoms with Gasteiger partial charge in [-0.2, -0.15) is 0 Å². The summed E-state index contributed by atoms with van der Waals surface area (Å²) in [4.78, 5) is 0. The Morgan fingerprint density at radius 1 is 1.19 bits per heavy atom. The molecule has 0 saturated heterocycles. The minimum Gasteiger partial charge on any atom is -0.493 e. The van der Waals surface area contributed by atoms with Crippen molar-refractivity contribution in [2.75, 3.05) is 7.11 Å². The smallest absolute Gasteiger partial charge is 0.178 e. The highest BCUT2D eigenvalue weighted by molar-refractivity contribution is 7.75. The van der Waals surface area contributed by atoms with Crippen molar-refractivity contribution in [3.05, 3.63) is 23.8 Å². The Kier molecular flexibility index (Phi) is 5.00. The molecule has 2 nitrogen and oxygen atoms in total. The number of rotatable bonds is 5. The van der Waals surface area contributed by atoms with E-state index in [4.69, 9.17) is 8.92 Å². The van der Waals surface area contributed by atoms with Crippen molar-refractivity contribution in [2.45, 2.75) is 33.1 Å². The molecule has 0 radical (unpaired) electrons. The van der Waals surface area contributed by atoms with E-state index in [0.717, 1.165) is 5.75 Å². The van der Waals surface area contributed by atoms with E-state index in [0.29, 0.717) is 17.6 Å². The molecule has 0 heterocycles. The molecule has 1 aromatic carbocycles. The highest BCUT2D eigenvalue weighted by atomic mass is 32.1. The Labute approximate surface area is 104 Å². The monoisotopic (exact) mass is 240 g/mol. The molecule has 0 aliphatic rings. The lowest BCUT2D eigenvalue weighted by molar-refractivity contribution is 0.398. The molecular weight excluding hydrogens is 220 g/mol. The number of thiol groups is 1. The van der Waals surface area contributed by atoms with Gasteiger partial charge in [-0.3, -0.25) is 0 Å². The predicted octanol–water partition coefficient (Wildman–Crippen LogP) is 4.07. The molecule has 16 heavy (non-hydrogen) atoms. The summed E-state index contributed by atoms with van der Waals surface area (Å²) in [6.07, 6.45) is 1.17. The van der Waals surface area contributed by atoms with Crippen molar-refractivity contribution in [3.8, 4) is 11.5 Å². The second kappa shape index (κ2) is 6.04. The Bertz CT molecular complexity index is 337. The molecule has 1 atom stereocenters. The van der Waals surface area contributed by atoms with Crippen LogP contribution in [0.15, 0.2) is 18.2 Å². The van der Waals surface area contributed by atoms with Crippen LogP contribution in [0, 0.1) is 5.92 Å². The third-order valence-corrected chi connectivity index (χ3v) is 2.88. The van der Waals surface area contributed by atoms with E-state index in [9.17, 15) is 0 Å². The Morgan fingerprint density at radius 2 is 1.88 bits per heavy atom. The van der Waals surface area contributed by atoms with Crippen LogP contribution in [0.2, 0.25) is 0 Å². The first-order chi connectivity index (χ1) is 7.58. The summed E-state index contributed by atoms with van der Waals surface area (Å²) in [5.41, 5.74) is 1.28. The Balaban J connectivity index is 2.89. The van der Waals surface area contributed by atoms with E-state index in [1.54, 1.807) is 7.11 Å². The van der Waals surface area contributed by atoms with E-state index in [2.05, 4.69) is 39.7 Å². The van der Waals surface area contributed by atoms with Gasteiger partial charge in [-0.15, -0.1) is 0 Å². The molecule has 0 aliphatic heterocycles. The van der Waals surface area contributed by atoms with Crippen LogP contribution in [-0.2, 0) is 0 Å². The molecule has 1 rings (SSSR count). The van der Waals surface area contributed by atoms with Gasteiger partial charge in [-0.05, 0) is 36.0 Å². The molecule has 0 aliphatic carbocycles. The number of methoxy groups -OCH3 is 1. The van der Waals surface area contributed by atoms with E-state index < -0.39 is 0 Å². The first-order valence-electron chi connectivity index (χ1n) is 5.57. The maximum Gasteiger partial charge on any atom is 0.178 e. The highest BCUT2D eigenvalue weighted by Gasteiger charge is 2.11. The largest absolute Gasteiger partial charge is 0.493 e. The summed E-state index contributed by atoms with van der Waals surface area (Å²) in [5, 5.41) is 0. The van der Waals surface area contributed by atoms with Gasteiger partial charge in [0.1, 0.15) is 0 Å². The predicted molar refractivity (Wildman–Crippen MR) is 70.5 cm³/mol. The molecule has 3 heteroatoms. The van der Waals surface area contributed by atoms with Crippen LogP contribution in [0.3, 0.4) is 0 Å². The van der Waals surface area contributed by atoms with Crippen molar-refractivity contribution in [2.24, 2.45) is 5.92 Å². The van der Waals surface area contributed by atoms with Crippen molar-refractivity contribution in [1.82, 2.24) is 0 Å². The summed E-state index contributed by atoms with van der Waals surface area (Å²) in [6, 6.07) is 6.00. The molecule has 0 aromatic heterocycles. The molecule has 1 unspecified atom stereocenters. The van der Waals surface area contributed by atoms with Crippen molar-refractivity contribution < 1.29 is 8.92 Å². The zero-order valence-corrected chi connectivity index (χ0v) is 11.3. The molecule has 0 saturated carbocycles. The minimum absolute atomic E-state index is 0.530. The standard InChI is InChI=1S/C13H20O2S/c1-9(2)7-10(3)11-5-6-12(15-16)13(8-11)14-4/h5-6,8-10,16H,7H2,1-4H3. The van der Waals surface area contributed by atoms with E-state index in [1.807, 2.05) is 12.1 Å². The van der Waals surface area contributed by atoms with Crippen LogP contribution in [0.1, 0.15) is 38.7 Å². The SMILES string of the molecule is COc1cc(C(C)CC(C)C)ccc1OS. The Hall–Kier alpha value is -0.830. The number of ether oxygens (including phenoxy) is 1. The highest BCUT2D eigenvalue weighted by Crippen LogP contribution is 2.33. The van der Waals surface area contributed by atoms with Crippen LogP contribution in [-0.4, -0.2) is 7.11 Å². The van der Waals surface area contributed by atoms with Gasteiger partial charge < -0.3 is 8.92 Å². The first kappa shape index (κ1) is 13.2. The average Bonchev–Trinajstić information content (AvgIpc) is 2.27. The fourth-order valence-electron chi connectivity index (χ4n) is 1.91. The lowest BCUT2D eigenvalue weighted by atomic mass is 9.92. The van der Waals surface area contributed by atoms with Gasteiger partial charge in [0, 0.05) is 12.9 Å². The van der Waals surface area contributed by atoms with Crippen molar-refractivity contribution in [1.29, 1.82) is 0 Å². The zero-order valence-electron chi connectivity index (χ0n) is 10.4. The van der Waals surface area contributed by atoms with Gasteiger partial charge >= 0.3 is 0 Å². The molecule has 0 bridgehead atoms. The van der Waals surface area contributed by atoms with Gasteiger partial charge in [-0.1, -0.05) is 26.8 Å². The summed E-state index contributed by atoms with van der Waals surface area (Å²) in [7, 11) is 1.64. The summed E-state index contributed by atoms with van der Waals surface area (Å²) < 4.78 is 10.2. The maximum atomic E-state index is 5.26. The summed E-state index contributed by atoms with van der Waals surface area (Å²) in [5.74, 6) is 2.62. The molecule has 90 valence electrons. The van der Waals surface area contributed by atoms with Gasteiger partial charge in [0.2, 0.25) is 0 Å². The summed E-state index contributed by atoms with van der Waals surface area (Å²) in [6.45, 7) is 6.70. The average molecular weight is 240 g/mol. The number of hydrogen-bond acceptors (Lipinski definition) is 3. The topological polar surface area (TPSA) is 18.5 Å². The molecular formula is C13H20O2S. The van der Waals surface area contributed by atoms with Gasteiger partial charge in [0.05, 0.1) is 7.11 Å². The normalized spacial score (nSPS) is 12.6. The first-order valence-corrected chi connectivity index (χ1v) is 5.94. The van der Waals surface area contributed by atoms with Crippen molar-refractivity contribution in [3.63, 3.8) is 0 Å². The quantitative estimate of drug-likeness (QED) is 0.618. The fourth-order valence-corrected chi connectivity index (χ4v) is 2.06. The number of benzene rings is 1. The zero-order chi connectivity index (χ0) is 12.1. The van der Waals surface area contributed by atoms with Gasteiger partial charge in [0.25, 0.3) is 0 Å². The molecule has 0 amide bonds. The third-order valence-electron chi connectivity index (χ3n) is 2.68. The van der Waals surface area contributed by atoms with Crippen LogP contribution < -0.4 is 8.92 Å². The van der Waals surface area contributed by atoms with Gasteiger partial charge in [0.15, 0.2) is 11.5 Å². The maximum absolute atomic E-state index is 5.26. The third kappa shape index (κ3) is 3.34. The van der Waals surface area contributed by atoms with E-state index in [1.165, 1.54) is 12.0 Å². The van der Waals surface area contributed by atoms with Crippen LogP contribution >= 0.6 is 12.9 Å². The second-order valence-electron chi connectivity index (χ2n) is 4.53.